The minimum absolute atomic E-state index is 0.0458. The molecule has 0 saturated heterocycles. The van der Waals surface area contributed by atoms with Crippen molar-refractivity contribution in [2.45, 2.75) is 13.0 Å². The van der Waals surface area contributed by atoms with Gasteiger partial charge in [0.15, 0.2) is 0 Å². The highest BCUT2D eigenvalue weighted by molar-refractivity contribution is 7.08. The summed E-state index contributed by atoms with van der Waals surface area (Å²) in [6.07, 6.45) is 0. The smallest absolute Gasteiger partial charge is 0.269 e. The van der Waals surface area contributed by atoms with Gasteiger partial charge < -0.3 is 5.32 Å². The average molecular weight is 248 g/mol. The summed E-state index contributed by atoms with van der Waals surface area (Å²) in [6.45, 7) is 1.98. The molecule has 1 aromatic carbocycles. The maximum Gasteiger partial charge on any atom is 0.269 e. The molecule has 0 radical (unpaired) electrons. The molecular formula is C12H12N2O2S. The van der Waals surface area contributed by atoms with Gasteiger partial charge in [-0.1, -0.05) is 12.1 Å². The summed E-state index contributed by atoms with van der Waals surface area (Å²) >= 11 is 1.61. The SMILES string of the molecule is CC(Nc1ccsc1)c1cccc([N+](=O)[O-])c1. The molecule has 0 aliphatic carbocycles. The second-order valence-corrected chi connectivity index (χ2v) is 4.51. The molecule has 4 nitrogen and oxygen atoms in total. The van der Waals surface area contributed by atoms with Crippen LogP contribution in [0.25, 0.3) is 0 Å². The Labute approximate surface area is 103 Å². The lowest BCUT2D eigenvalue weighted by Crippen LogP contribution is -2.06. The van der Waals surface area contributed by atoms with E-state index < -0.39 is 0 Å². The van der Waals surface area contributed by atoms with Crippen LogP contribution in [0.1, 0.15) is 18.5 Å². The second-order valence-electron chi connectivity index (χ2n) is 3.73. The molecule has 1 heterocycles. The number of rotatable bonds is 4. The lowest BCUT2D eigenvalue weighted by Gasteiger charge is -2.14. The summed E-state index contributed by atoms with van der Waals surface area (Å²) in [5.74, 6) is 0. The van der Waals surface area contributed by atoms with E-state index in [1.54, 1.807) is 23.5 Å². The van der Waals surface area contributed by atoms with Crippen molar-refractivity contribution in [2.24, 2.45) is 0 Å². The number of non-ortho nitro benzene ring substituents is 1. The summed E-state index contributed by atoms with van der Waals surface area (Å²) in [5.41, 5.74) is 2.07. The van der Waals surface area contributed by atoms with Gasteiger partial charge in [0.2, 0.25) is 0 Å². The minimum Gasteiger partial charge on any atom is -0.378 e. The fourth-order valence-corrected chi connectivity index (χ4v) is 2.18. The van der Waals surface area contributed by atoms with E-state index in [1.807, 2.05) is 29.8 Å². The number of nitro benzene ring substituents is 1. The highest BCUT2D eigenvalue weighted by atomic mass is 32.1. The van der Waals surface area contributed by atoms with Crippen molar-refractivity contribution < 1.29 is 4.92 Å². The van der Waals surface area contributed by atoms with Crippen LogP contribution in [0.4, 0.5) is 11.4 Å². The number of nitro groups is 1. The molecule has 0 spiro atoms. The Morgan fingerprint density at radius 3 is 2.88 bits per heavy atom. The molecule has 0 aliphatic heterocycles. The Kier molecular flexibility index (Phi) is 3.39. The van der Waals surface area contributed by atoms with E-state index in [9.17, 15) is 10.1 Å². The Hall–Kier alpha value is -1.88. The lowest BCUT2D eigenvalue weighted by atomic mass is 10.1. The fourth-order valence-electron chi connectivity index (χ4n) is 1.59. The van der Waals surface area contributed by atoms with Crippen LogP contribution < -0.4 is 5.32 Å². The molecule has 2 aromatic rings. The Balaban J connectivity index is 2.16. The first-order chi connectivity index (χ1) is 8.16. The molecule has 1 unspecified atom stereocenters. The highest BCUT2D eigenvalue weighted by Gasteiger charge is 2.10. The third-order valence-electron chi connectivity index (χ3n) is 2.49. The van der Waals surface area contributed by atoms with Crippen LogP contribution in [-0.2, 0) is 0 Å². The monoisotopic (exact) mass is 248 g/mol. The van der Waals surface area contributed by atoms with Gasteiger partial charge in [0.25, 0.3) is 5.69 Å². The molecule has 0 bridgehead atoms. The molecule has 17 heavy (non-hydrogen) atoms. The first-order valence-corrected chi connectivity index (χ1v) is 6.14. The van der Waals surface area contributed by atoms with Crippen molar-refractivity contribution in [1.82, 2.24) is 0 Å². The molecule has 0 aliphatic rings. The van der Waals surface area contributed by atoms with Crippen LogP contribution in [0, 0.1) is 10.1 Å². The summed E-state index contributed by atoms with van der Waals surface area (Å²) in [6, 6.07) is 8.73. The zero-order valence-corrected chi connectivity index (χ0v) is 10.1. The molecule has 1 N–H and O–H groups in total. The zero-order chi connectivity index (χ0) is 12.3. The fraction of sp³-hybridized carbons (Fsp3) is 0.167. The van der Waals surface area contributed by atoms with Crippen molar-refractivity contribution in [3.63, 3.8) is 0 Å². The third kappa shape index (κ3) is 2.82. The van der Waals surface area contributed by atoms with Crippen LogP contribution in [-0.4, -0.2) is 4.92 Å². The molecule has 1 aromatic heterocycles. The summed E-state index contributed by atoms with van der Waals surface area (Å²) in [4.78, 5) is 10.3. The third-order valence-corrected chi connectivity index (χ3v) is 3.17. The first-order valence-electron chi connectivity index (χ1n) is 5.20. The molecule has 0 amide bonds. The maximum atomic E-state index is 10.7. The standard InChI is InChI=1S/C12H12N2O2S/c1-9(13-11-5-6-17-8-11)10-3-2-4-12(7-10)14(15)16/h2-9,13H,1H3. The highest BCUT2D eigenvalue weighted by Crippen LogP contribution is 2.23. The number of nitrogens with one attached hydrogen (secondary N) is 1. The summed E-state index contributed by atoms with van der Waals surface area (Å²) in [5, 5.41) is 18.0. The van der Waals surface area contributed by atoms with Crippen LogP contribution >= 0.6 is 11.3 Å². The van der Waals surface area contributed by atoms with Gasteiger partial charge in [0.1, 0.15) is 0 Å². The number of hydrogen-bond acceptors (Lipinski definition) is 4. The van der Waals surface area contributed by atoms with E-state index >= 15 is 0 Å². The zero-order valence-electron chi connectivity index (χ0n) is 9.29. The molecule has 1 atom stereocenters. The second kappa shape index (κ2) is 4.97. The van der Waals surface area contributed by atoms with E-state index in [-0.39, 0.29) is 16.7 Å². The van der Waals surface area contributed by atoms with Gasteiger partial charge in [-0.05, 0) is 23.9 Å². The van der Waals surface area contributed by atoms with E-state index in [4.69, 9.17) is 0 Å². The lowest BCUT2D eigenvalue weighted by molar-refractivity contribution is -0.384. The molecule has 0 saturated carbocycles. The molecule has 88 valence electrons. The Morgan fingerprint density at radius 1 is 1.41 bits per heavy atom. The van der Waals surface area contributed by atoms with Gasteiger partial charge in [-0.2, -0.15) is 11.3 Å². The van der Waals surface area contributed by atoms with E-state index in [1.165, 1.54) is 6.07 Å². The predicted octanol–water partition coefficient (Wildman–Crippen LogP) is 3.83. The van der Waals surface area contributed by atoms with Gasteiger partial charge in [0, 0.05) is 29.2 Å². The largest absolute Gasteiger partial charge is 0.378 e. The summed E-state index contributed by atoms with van der Waals surface area (Å²) in [7, 11) is 0. The van der Waals surface area contributed by atoms with Crippen LogP contribution in [0.5, 0.6) is 0 Å². The van der Waals surface area contributed by atoms with Gasteiger partial charge in [0.05, 0.1) is 4.92 Å². The normalized spacial score (nSPS) is 12.1. The van der Waals surface area contributed by atoms with Crippen molar-refractivity contribution in [1.29, 1.82) is 0 Å². The molecular weight excluding hydrogens is 236 g/mol. The van der Waals surface area contributed by atoms with Crippen LogP contribution in [0.3, 0.4) is 0 Å². The molecule has 2 rings (SSSR count). The van der Waals surface area contributed by atoms with E-state index in [2.05, 4.69) is 5.32 Å². The minimum atomic E-state index is -0.374. The number of benzene rings is 1. The van der Waals surface area contributed by atoms with Gasteiger partial charge in [-0.3, -0.25) is 10.1 Å². The van der Waals surface area contributed by atoms with Crippen molar-refractivity contribution in [2.75, 3.05) is 5.32 Å². The maximum absolute atomic E-state index is 10.7. The van der Waals surface area contributed by atoms with Crippen molar-refractivity contribution in [3.8, 4) is 0 Å². The average Bonchev–Trinajstić information content (AvgIpc) is 2.82. The van der Waals surface area contributed by atoms with Crippen molar-refractivity contribution >= 4 is 22.7 Å². The van der Waals surface area contributed by atoms with Crippen LogP contribution in [0.2, 0.25) is 0 Å². The van der Waals surface area contributed by atoms with Gasteiger partial charge >= 0.3 is 0 Å². The summed E-state index contributed by atoms with van der Waals surface area (Å²) < 4.78 is 0. The van der Waals surface area contributed by atoms with Gasteiger partial charge in [-0.25, -0.2) is 0 Å². The topological polar surface area (TPSA) is 55.2 Å². The van der Waals surface area contributed by atoms with E-state index in [0.717, 1.165) is 11.3 Å². The molecule has 5 heteroatoms. The quantitative estimate of drug-likeness (QED) is 0.660. The van der Waals surface area contributed by atoms with Crippen molar-refractivity contribution in [3.05, 3.63) is 56.8 Å². The number of thiophene rings is 1. The number of nitrogens with zero attached hydrogens (tertiary/aromatic N) is 1. The number of anilines is 1. The Morgan fingerprint density at radius 2 is 2.24 bits per heavy atom. The first kappa shape index (κ1) is 11.6. The predicted molar refractivity (Wildman–Crippen MR) is 69.5 cm³/mol. The van der Waals surface area contributed by atoms with E-state index in [0.29, 0.717) is 0 Å². The molecule has 0 fully saturated rings. The Bertz CT molecular complexity index is 511. The number of hydrogen-bond donors (Lipinski definition) is 1. The van der Waals surface area contributed by atoms with Crippen LogP contribution in [0.15, 0.2) is 41.1 Å². The van der Waals surface area contributed by atoms with Gasteiger partial charge in [-0.15, -0.1) is 0 Å².